The van der Waals surface area contributed by atoms with Gasteiger partial charge in [0, 0.05) is 5.56 Å². The van der Waals surface area contributed by atoms with Crippen LogP contribution in [0.3, 0.4) is 0 Å². The first-order valence-electron chi connectivity index (χ1n) is 9.18. The third-order valence-electron chi connectivity index (χ3n) is 4.18. The minimum absolute atomic E-state index is 0.356. The van der Waals surface area contributed by atoms with Crippen LogP contribution in [0.25, 0.3) is 11.3 Å². The molecule has 1 aliphatic heterocycles. The summed E-state index contributed by atoms with van der Waals surface area (Å²) in [7, 11) is 0. The van der Waals surface area contributed by atoms with Gasteiger partial charge in [0.2, 0.25) is 0 Å². The van der Waals surface area contributed by atoms with E-state index < -0.39 is 0 Å². The Morgan fingerprint density at radius 2 is 1.62 bits per heavy atom. The van der Waals surface area contributed by atoms with Gasteiger partial charge in [0.05, 0.1) is 37.7 Å². The fourth-order valence-electron chi connectivity index (χ4n) is 2.75. The second-order valence-electron chi connectivity index (χ2n) is 6.16. The topological polar surface area (TPSA) is 97.4 Å². The lowest BCUT2D eigenvalue weighted by atomic mass is 10.1. The van der Waals surface area contributed by atoms with Crippen LogP contribution in [0.15, 0.2) is 59.1 Å². The Balaban J connectivity index is 0.000000343. The maximum absolute atomic E-state index is 12.6. The lowest BCUT2D eigenvalue weighted by Crippen LogP contribution is -2.16. The highest BCUT2D eigenvalue weighted by Gasteiger charge is 2.22. The van der Waals surface area contributed by atoms with Gasteiger partial charge >= 0.3 is 0 Å². The first kappa shape index (κ1) is 20.3. The van der Waals surface area contributed by atoms with Gasteiger partial charge in [-0.05, 0) is 19.1 Å². The number of hydrogen-bond acceptors (Lipinski definition) is 6. The molecule has 3 aromatic rings. The van der Waals surface area contributed by atoms with Crippen molar-refractivity contribution in [3.05, 3.63) is 71.5 Å². The van der Waals surface area contributed by atoms with Crippen molar-refractivity contribution >= 4 is 11.6 Å². The number of aromatic nitrogens is 1. The Bertz CT molecular complexity index is 977. The molecule has 148 valence electrons. The molecule has 1 aromatic heterocycles. The monoisotopic (exact) mass is 391 g/mol. The van der Waals surface area contributed by atoms with Gasteiger partial charge in [-0.15, -0.1) is 0 Å². The van der Waals surface area contributed by atoms with E-state index in [1.165, 1.54) is 0 Å². The molecule has 0 atom stereocenters. The van der Waals surface area contributed by atoms with Crippen LogP contribution in [0.5, 0.6) is 0 Å². The molecule has 0 bridgehead atoms. The van der Waals surface area contributed by atoms with Crippen LogP contribution >= 0.6 is 0 Å². The first-order chi connectivity index (χ1) is 14.2. The number of amides is 1. The van der Waals surface area contributed by atoms with Crippen LogP contribution in [0.4, 0.5) is 5.69 Å². The minimum atomic E-state index is -0.356. The molecule has 2 aromatic carbocycles. The van der Waals surface area contributed by atoms with E-state index in [0.717, 1.165) is 32.0 Å². The average Bonchev–Trinajstić information content (AvgIpc) is 3.18. The van der Waals surface area contributed by atoms with E-state index in [2.05, 4.69) is 16.5 Å². The fourth-order valence-corrected chi connectivity index (χ4v) is 2.75. The molecule has 7 heteroatoms. The summed E-state index contributed by atoms with van der Waals surface area (Å²) in [4.78, 5) is 12.6. The Morgan fingerprint density at radius 3 is 2.24 bits per heavy atom. The summed E-state index contributed by atoms with van der Waals surface area (Å²) in [6, 6.07) is 18.2. The molecule has 0 radical (unpaired) electrons. The van der Waals surface area contributed by atoms with Crippen LogP contribution in [-0.4, -0.2) is 37.5 Å². The SMILES string of the molecule is C1COCCO1.Cc1onc(-c2ccccc2)c1C(=O)Nc1ccccc1C#N. The molecule has 1 fully saturated rings. The number of benzene rings is 2. The number of nitrogens with zero attached hydrogens (tertiary/aromatic N) is 2. The standard InChI is InChI=1S/C18H13N3O2.C4H8O2/c1-12-16(17(21-23-12)13-7-3-2-4-8-13)18(22)20-15-10-6-5-9-14(15)11-19;1-2-6-4-3-5-1/h2-10H,1H3,(H,20,22);1-4H2. The third-order valence-corrected chi connectivity index (χ3v) is 4.18. The van der Waals surface area contributed by atoms with Crippen molar-refractivity contribution in [2.24, 2.45) is 0 Å². The molecule has 1 saturated heterocycles. The molecular formula is C22H21N3O4. The van der Waals surface area contributed by atoms with E-state index in [-0.39, 0.29) is 5.91 Å². The largest absolute Gasteiger partial charge is 0.377 e. The summed E-state index contributed by atoms with van der Waals surface area (Å²) in [5, 5.41) is 15.9. The lowest BCUT2D eigenvalue weighted by Gasteiger charge is -2.09. The quantitative estimate of drug-likeness (QED) is 0.729. The molecular weight excluding hydrogens is 370 g/mol. The number of carbonyl (C=O) groups is 1. The van der Waals surface area contributed by atoms with Crippen LogP contribution < -0.4 is 5.32 Å². The van der Waals surface area contributed by atoms with Gasteiger partial charge in [-0.3, -0.25) is 4.79 Å². The molecule has 0 spiro atoms. The van der Waals surface area contributed by atoms with E-state index in [9.17, 15) is 4.79 Å². The van der Waals surface area contributed by atoms with Gasteiger partial charge in [-0.2, -0.15) is 5.26 Å². The van der Waals surface area contributed by atoms with Crippen LogP contribution in [0, 0.1) is 18.3 Å². The summed E-state index contributed by atoms with van der Waals surface area (Å²) < 4.78 is 15.1. The Hall–Kier alpha value is -3.47. The molecule has 2 heterocycles. The molecule has 1 aliphatic rings. The van der Waals surface area contributed by atoms with Crippen molar-refractivity contribution in [2.75, 3.05) is 31.7 Å². The van der Waals surface area contributed by atoms with Gasteiger partial charge in [0.15, 0.2) is 0 Å². The molecule has 7 nitrogen and oxygen atoms in total. The Morgan fingerprint density at radius 1 is 1.00 bits per heavy atom. The number of rotatable bonds is 3. The van der Waals surface area contributed by atoms with Crippen molar-refractivity contribution < 1.29 is 18.8 Å². The van der Waals surface area contributed by atoms with Gasteiger partial charge in [-0.25, -0.2) is 0 Å². The van der Waals surface area contributed by atoms with Gasteiger partial charge in [0.25, 0.3) is 5.91 Å². The van der Waals surface area contributed by atoms with E-state index in [0.29, 0.717) is 28.3 Å². The summed E-state index contributed by atoms with van der Waals surface area (Å²) in [5.74, 6) is 0.0705. The van der Waals surface area contributed by atoms with Gasteiger partial charge in [0.1, 0.15) is 23.1 Å². The van der Waals surface area contributed by atoms with E-state index in [1.807, 2.05) is 30.3 Å². The van der Waals surface area contributed by atoms with Crippen molar-refractivity contribution in [1.29, 1.82) is 5.26 Å². The lowest BCUT2D eigenvalue weighted by molar-refractivity contribution is -0.0334. The second kappa shape index (κ2) is 10.2. The molecule has 0 saturated carbocycles. The molecule has 0 unspecified atom stereocenters. The van der Waals surface area contributed by atoms with E-state index in [1.54, 1.807) is 31.2 Å². The zero-order chi connectivity index (χ0) is 20.5. The van der Waals surface area contributed by atoms with Crippen molar-refractivity contribution in [2.45, 2.75) is 6.92 Å². The van der Waals surface area contributed by atoms with Crippen molar-refractivity contribution in [1.82, 2.24) is 5.16 Å². The van der Waals surface area contributed by atoms with Crippen molar-refractivity contribution in [3.8, 4) is 17.3 Å². The number of anilines is 1. The zero-order valence-electron chi connectivity index (χ0n) is 16.1. The Kier molecular flexibility index (Phi) is 7.11. The molecule has 0 aliphatic carbocycles. The molecule has 4 rings (SSSR count). The highest BCUT2D eigenvalue weighted by atomic mass is 16.6. The maximum Gasteiger partial charge on any atom is 0.261 e. The first-order valence-corrected chi connectivity index (χ1v) is 9.18. The normalized spacial score (nSPS) is 13.0. The summed E-state index contributed by atoms with van der Waals surface area (Å²) in [6.07, 6.45) is 0. The summed E-state index contributed by atoms with van der Waals surface area (Å²) in [5.41, 5.74) is 2.50. The van der Waals surface area contributed by atoms with E-state index in [4.69, 9.17) is 19.3 Å². The number of nitrogens with one attached hydrogen (secondary N) is 1. The summed E-state index contributed by atoms with van der Waals surface area (Å²) >= 11 is 0. The predicted molar refractivity (Wildman–Crippen MR) is 107 cm³/mol. The van der Waals surface area contributed by atoms with Gasteiger partial charge in [-0.1, -0.05) is 47.6 Å². The van der Waals surface area contributed by atoms with Crippen LogP contribution in [-0.2, 0) is 9.47 Å². The number of para-hydroxylation sites is 1. The molecule has 1 N–H and O–H groups in total. The smallest absolute Gasteiger partial charge is 0.261 e. The van der Waals surface area contributed by atoms with Crippen LogP contribution in [0.2, 0.25) is 0 Å². The van der Waals surface area contributed by atoms with Crippen LogP contribution in [0.1, 0.15) is 21.7 Å². The number of hydrogen-bond donors (Lipinski definition) is 1. The molecule has 29 heavy (non-hydrogen) atoms. The number of carbonyl (C=O) groups excluding carboxylic acids is 1. The minimum Gasteiger partial charge on any atom is -0.377 e. The fraction of sp³-hybridized carbons (Fsp3) is 0.227. The molecule has 1 amide bonds. The second-order valence-corrected chi connectivity index (χ2v) is 6.16. The van der Waals surface area contributed by atoms with Gasteiger partial charge < -0.3 is 19.3 Å². The third kappa shape index (κ3) is 5.29. The summed E-state index contributed by atoms with van der Waals surface area (Å²) in [6.45, 7) is 4.80. The number of ether oxygens (including phenoxy) is 2. The zero-order valence-corrected chi connectivity index (χ0v) is 16.1. The number of aryl methyl sites for hydroxylation is 1. The maximum atomic E-state index is 12.6. The number of nitriles is 1. The highest BCUT2D eigenvalue weighted by molar-refractivity contribution is 6.09. The predicted octanol–water partition coefficient (Wildman–Crippen LogP) is 3.81. The van der Waals surface area contributed by atoms with E-state index >= 15 is 0 Å². The average molecular weight is 391 g/mol. The van der Waals surface area contributed by atoms with Crippen molar-refractivity contribution in [3.63, 3.8) is 0 Å². The highest BCUT2D eigenvalue weighted by Crippen LogP contribution is 2.26. The Labute approximate surface area is 168 Å².